The van der Waals surface area contributed by atoms with E-state index in [1.165, 1.54) is 0 Å². The maximum atomic E-state index is 13.6. The first kappa shape index (κ1) is 21.3. The third kappa shape index (κ3) is 7.90. The van der Waals surface area contributed by atoms with E-state index in [1.807, 2.05) is 6.92 Å². The summed E-state index contributed by atoms with van der Waals surface area (Å²) in [5.74, 6) is -0.374. The largest absolute Gasteiger partial charge is 0.461 e. The van der Waals surface area contributed by atoms with Gasteiger partial charge in [-0.2, -0.15) is 0 Å². The summed E-state index contributed by atoms with van der Waals surface area (Å²) in [6.45, 7) is 8.13. The number of carbonyl (C=O) groups is 1. The van der Waals surface area contributed by atoms with Gasteiger partial charge in [-0.25, -0.2) is 4.39 Å². The lowest BCUT2D eigenvalue weighted by molar-refractivity contribution is -0.154. The predicted octanol–water partition coefficient (Wildman–Crippen LogP) is 3.00. The van der Waals surface area contributed by atoms with Crippen LogP contribution < -0.4 is 5.73 Å². The van der Waals surface area contributed by atoms with E-state index in [9.17, 15) is 9.18 Å². The number of hydrogen-bond donors (Lipinski definition) is 1. The maximum absolute atomic E-state index is 13.6. The Morgan fingerprint density at radius 3 is 2.67 bits per heavy atom. The molecule has 0 radical (unpaired) electrons. The van der Waals surface area contributed by atoms with Gasteiger partial charge >= 0.3 is 5.97 Å². The number of unbranched alkanes of at least 4 members (excludes halogenated alkanes) is 1. The molecule has 142 valence electrons. The van der Waals surface area contributed by atoms with E-state index < -0.39 is 17.7 Å². The van der Waals surface area contributed by atoms with Crippen molar-refractivity contribution in [3.63, 3.8) is 0 Å². The second kappa shape index (κ2) is 10.3. The molecule has 4 atom stereocenters. The van der Waals surface area contributed by atoms with E-state index in [0.29, 0.717) is 26.1 Å². The number of ether oxygens (including phenoxy) is 3. The van der Waals surface area contributed by atoms with Gasteiger partial charge in [-0.05, 0) is 40.0 Å². The summed E-state index contributed by atoms with van der Waals surface area (Å²) in [5, 5.41) is 0. The molecule has 0 amide bonds. The highest BCUT2D eigenvalue weighted by atomic mass is 19.1. The number of rotatable bonds is 8. The number of carbonyl (C=O) groups excluding carboxylic acids is 1. The summed E-state index contributed by atoms with van der Waals surface area (Å²) in [6, 6.07) is -0.759. The number of cyclic esters (lactones) is 1. The molecule has 0 aromatic carbocycles. The van der Waals surface area contributed by atoms with Gasteiger partial charge in [0.25, 0.3) is 0 Å². The second-order valence-corrected chi connectivity index (χ2v) is 7.32. The Labute approximate surface area is 145 Å². The number of hydrogen-bond acceptors (Lipinski definition) is 5. The average molecular weight is 347 g/mol. The van der Waals surface area contributed by atoms with Crippen LogP contribution in [0.15, 0.2) is 0 Å². The van der Waals surface area contributed by atoms with Crippen LogP contribution in [-0.2, 0) is 19.0 Å². The SMILES string of the molecule is CCCCC1C(C)OC(=O)C(N)COCC1OCCCC(C)(C)F. The molecule has 0 aromatic heterocycles. The van der Waals surface area contributed by atoms with E-state index in [0.717, 1.165) is 19.3 Å². The summed E-state index contributed by atoms with van der Waals surface area (Å²) >= 11 is 0. The number of nitrogens with two attached hydrogens (primary N) is 1. The van der Waals surface area contributed by atoms with E-state index >= 15 is 0 Å². The first-order chi connectivity index (χ1) is 11.2. The topological polar surface area (TPSA) is 70.8 Å². The standard InChI is InChI=1S/C18H34FNO4/c1-5-6-8-14-13(2)24-17(21)15(20)11-22-12-16(14)23-10-7-9-18(3,4)19/h13-16H,5-12,20H2,1-4H3. The lowest BCUT2D eigenvalue weighted by atomic mass is 9.91. The zero-order valence-corrected chi connectivity index (χ0v) is 15.6. The molecule has 6 heteroatoms. The molecule has 1 aliphatic rings. The summed E-state index contributed by atoms with van der Waals surface area (Å²) in [6.07, 6.45) is 3.62. The van der Waals surface area contributed by atoms with Crippen LogP contribution in [0.3, 0.4) is 0 Å². The molecule has 0 saturated carbocycles. The third-order valence-electron chi connectivity index (χ3n) is 4.40. The molecule has 0 aromatic rings. The monoisotopic (exact) mass is 347 g/mol. The van der Waals surface area contributed by atoms with Crippen LogP contribution in [-0.4, -0.2) is 49.7 Å². The van der Waals surface area contributed by atoms with Gasteiger partial charge in [0, 0.05) is 12.5 Å². The van der Waals surface area contributed by atoms with Crippen LogP contribution in [0.1, 0.15) is 59.8 Å². The Kier molecular flexibility index (Phi) is 9.16. The molecule has 0 spiro atoms. The highest BCUT2D eigenvalue weighted by Crippen LogP contribution is 2.25. The smallest absolute Gasteiger partial charge is 0.325 e. The first-order valence-electron chi connectivity index (χ1n) is 9.09. The maximum Gasteiger partial charge on any atom is 0.325 e. The Balaban J connectivity index is 2.68. The summed E-state index contributed by atoms with van der Waals surface area (Å²) in [4.78, 5) is 11.9. The minimum Gasteiger partial charge on any atom is -0.461 e. The zero-order chi connectivity index (χ0) is 18.2. The minimum atomic E-state index is -1.19. The highest BCUT2D eigenvalue weighted by molar-refractivity contribution is 5.75. The van der Waals surface area contributed by atoms with E-state index in [-0.39, 0.29) is 24.7 Å². The Morgan fingerprint density at radius 1 is 1.33 bits per heavy atom. The zero-order valence-electron chi connectivity index (χ0n) is 15.6. The Hall–Kier alpha value is -0.720. The van der Waals surface area contributed by atoms with Crippen molar-refractivity contribution in [2.24, 2.45) is 11.7 Å². The quantitative estimate of drug-likeness (QED) is 0.540. The first-order valence-corrected chi connectivity index (χ1v) is 9.09. The minimum absolute atomic E-state index is 0.0533. The molecule has 4 unspecified atom stereocenters. The van der Waals surface area contributed by atoms with Crippen molar-refractivity contribution in [1.82, 2.24) is 0 Å². The lowest BCUT2D eigenvalue weighted by Gasteiger charge is -2.31. The van der Waals surface area contributed by atoms with Crippen molar-refractivity contribution in [2.45, 2.75) is 83.7 Å². The average Bonchev–Trinajstić information content (AvgIpc) is 2.53. The van der Waals surface area contributed by atoms with Gasteiger partial charge in [0.15, 0.2) is 0 Å². The van der Waals surface area contributed by atoms with Gasteiger partial charge in [-0.3, -0.25) is 4.79 Å². The van der Waals surface area contributed by atoms with Crippen molar-refractivity contribution >= 4 is 5.97 Å². The Morgan fingerprint density at radius 2 is 2.04 bits per heavy atom. The molecule has 1 saturated heterocycles. The van der Waals surface area contributed by atoms with E-state index in [1.54, 1.807) is 13.8 Å². The summed E-state index contributed by atoms with van der Waals surface area (Å²) in [5.41, 5.74) is 4.57. The van der Waals surface area contributed by atoms with Crippen molar-refractivity contribution in [1.29, 1.82) is 0 Å². The molecule has 2 N–H and O–H groups in total. The summed E-state index contributed by atoms with van der Waals surface area (Å²) < 4.78 is 30.6. The number of alkyl halides is 1. The van der Waals surface area contributed by atoms with Gasteiger partial charge in [0.05, 0.1) is 19.3 Å². The van der Waals surface area contributed by atoms with E-state index in [2.05, 4.69) is 6.92 Å². The van der Waals surface area contributed by atoms with Crippen molar-refractivity contribution in [2.75, 3.05) is 19.8 Å². The normalized spacial score (nSPS) is 29.5. The van der Waals surface area contributed by atoms with Gasteiger partial charge in [-0.15, -0.1) is 0 Å². The molecule has 1 rings (SSSR count). The molecular weight excluding hydrogens is 313 g/mol. The van der Waals surface area contributed by atoms with Crippen molar-refractivity contribution < 1.29 is 23.4 Å². The molecule has 0 aliphatic carbocycles. The molecular formula is C18H34FNO4. The Bertz CT molecular complexity index is 373. The van der Waals surface area contributed by atoms with E-state index in [4.69, 9.17) is 19.9 Å². The van der Waals surface area contributed by atoms with Crippen LogP contribution >= 0.6 is 0 Å². The van der Waals surface area contributed by atoms with Crippen LogP contribution in [0.2, 0.25) is 0 Å². The van der Waals surface area contributed by atoms with Gasteiger partial charge in [0.2, 0.25) is 0 Å². The van der Waals surface area contributed by atoms with Crippen molar-refractivity contribution in [3.8, 4) is 0 Å². The fraction of sp³-hybridized carbons (Fsp3) is 0.944. The molecule has 5 nitrogen and oxygen atoms in total. The van der Waals surface area contributed by atoms with Gasteiger partial charge in [0.1, 0.15) is 17.8 Å². The van der Waals surface area contributed by atoms with Gasteiger partial charge in [-0.1, -0.05) is 19.8 Å². The number of esters is 1. The molecule has 1 fully saturated rings. The fourth-order valence-electron chi connectivity index (χ4n) is 2.92. The molecule has 24 heavy (non-hydrogen) atoms. The van der Waals surface area contributed by atoms with Crippen LogP contribution in [0.5, 0.6) is 0 Å². The van der Waals surface area contributed by atoms with Gasteiger partial charge < -0.3 is 19.9 Å². The predicted molar refractivity (Wildman–Crippen MR) is 91.5 cm³/mol. The third-order valence-corrected chi connectivity index (χ3v) is 4.40. The van der Waals surface area contributed by atoms with Crippen LogP contribution in [0.25, 0.3) is 0 Å². The lowest BCUT2D eigenvalue weighted by Crippen LogP contribution is -2.39. The second-order valence-electron chi connectivity index (χ2n) is 7.32. The molecule has 0 bridgehead atoms. The van der Waals surface area contributed by atoms with Crippen LogP contribution in [0.4, 0.5) is 4.39 Å². The molecule has 1 aliphatic heterocycles. The van der Waals surface area contributed by atoms with Crippen molar-refractivity contribution in [3.05, 3.63) is 0 Å². The highest BCUT2D eigenvalue weighted by Gasteiger charge is 2.33. The number of halogens is 1. The molecule has 1 heterocycles. The fourth-order valence-corrected chi connectivity index (χ4v) is 2.92. The summed E-state index contributed by atoms with van der Waals surface area (Å²) in [7, 11) is 0. The van der Waals surface area contributed by atoms with Crippen LogP contribution in [0, 0.1) is 5.92 Å².